The number of carbonyl (C=O) groups is 2. The zero-order chi connectivity index (χ0) is 15.7. The minimum atomic E-state index is -0.982. The van der Waals surface area contributed by atoms with Gasteiger partial charge in [-0.05, 0) is 42.5 Å². The molecule has 22 heavy (non-hydrogen) atoms. The lowest BCUT2D eigenvalue weighted by molar-refractivity contribution is 0.0697. The van der Waals surface area contributed by atoms with Gasteiger partial charge in [0.25, 0.3) is 5.91 Å². The molecule has 1 aromatic carbocycles. The van der Waals surface area contributed by atoms with Gasteiger partial charge in [-0.1, -0.05) is 12.1 Å². The number of amides is 1. The summed E-state index contributed by atoms with van der Waals surface area (Å²) in [6.45, 7) is 0. The van der Waals surface area contributed by atoms with E-state index in [2.05, 4.69) is 5.32 Å². The summed E-state index contributed by atoms with van der Waals surface area (Å²) in [5.41, 5.74) is 2.45. The molecule has 0 atom stereocenters. The number of fused-ring (bicyclic) bond motifs is 1. The summed E-state index contributed by atoms with van der Waals surface area (Å²) in [5.74, 6) is -0.965. The quantitative estimate of drug-likeness (QED) is 0.832. The normalized spacial score (nSPS) is 13.0. The molecule has 6 heteroatoms. The molecule has 0 spiro atoms. The fourth-order valence-corrected chi connectivity index (χ4v) is 4.13. The zero-order valence-electron chi connectivity index (χ0n) is 11.7. The number of carboxylic acids is 1. The predicted octanol–water partition coefficient (Wildman–Crippen LogP) is 3.93. The van der Waals surface area contributed by atoms with Gasteiger partial charge in [0.05, 0.1) is 5.56 Å². The molecular weight excluding hydrogens is 322 g/mol. The number of nitrogens with one attached hydrogen (secondary N) is 1. The first-order valence-electron chi connectivity index (χ1n) is 6.94. The van der Waals surface area contributed by atoms with Gasteiger partial charge in [-0.15, -0.1) is 22.9 Å². The molecule has 1 heterocycles. The Balaban J connectivity index is 1.90. The summed E-state index contributed by atoms with van der Waals surface area (Å²) in [6, 6.07) is 7.00. The van der Waals surface area contributed by atoms with Crippen molar-refractivity contribution in [3.63, 3.8) is 0 Å². The van der Waals surface area contributed by atoms with Crippen molar-refractivity contribution in [2.75, 3.05) is 5.32 Å². The second kappa shape index (κ2) is 6.10. The van der Waals surface area contributed by atoms with Crippen LogP contribution < -0.4 is 5.32 Å². The van der Waals surface area contributed by atoms with Crippen LogP contribution in [-0.2, 0) is 18.7 Å². The van der Waals surface area contributed by atoms with Crippen LogP contribution >= 0.6 is 22.9 Å². The summed E-state index contributed by atoms with van der Waals surface area (Å²) in [5, 5.41) is 12.6. The lowest BCUT2D eigenvalue weighted by atomic mass is 10.1. The molecule has 1 aliphatic carbocycles. The van der Waals surface area contributed by atoms with Crippen molar-refractivity contribution in [2.24, 2.45) is 0 Å². The van der Waals surface area contributed by atoms with Crippen molar-refractivity contribution in [2.45, 2.75) is 25.1 Å². The third-order valence-electron chi connectivity index (χ3n) is 3.71. The lowest BCUT2D eigenvalue weighted by Gasteiger charge is -2.06. The molecule has 0 saturated carbocycles. The number of rotatable bonds is 4. The fourth-order valence-electron chi connectivity index (χ4n) is 2.69. The van der Waals surface area contributed by atoms with Crippen molar-refractivity contribution in [1.82, 2.24) is 0 Å². The van der Waals surface area contributed by atoms with Crippen LogP contribution in [-0.4, -0.2) is 17.0 Å². The molecule has 0 bridgehead atoms. The number of carboxylic acid groups (broad SMARTS) is 1. The molecule has 1 aliphatic rings. The average Bonchev–Trinajstić information content (AvgIpc) is 3.07. The number of thiophene rings is 1. The first-order valence-corrected chi connectivity index (χ1v) is 8.29. The summed E-state index contributed by atoms with van der Waals surface area (Å²) in [7, 11) is 0. The van der Waals surface area contributed by atoms with Gasteiger partial charge in [-0.2, -0.15) is 0 Å². The van der Waals surface area contributed by atoms with Crippen LogP contribution in [0, 0.1) is 0 Å². The van der Waals surface area contributed by atoms with Gasteiger partial charge in [0.15, 0.2) is 0 Å². The first-order chi connectivity index (χ1) is 10.6. The van der Waals surface area contributed by atoms with E-state index in [-0.39, 0.29) is 11.5 Å². The minimum absolute atomic E-state index is 0.249. The number of aryl methyl sites for hydroxylation is 1. The number of hydrogen-bond acceptors (Lipinski definition) is 3. The molecule has 0 aliphatic heterocycles. The molecular formula is C16H14ClNO3S. The van der Waals surface area contributed by atoms with Gasteiger partial charge in [0.1, 0.15) is 5.00 Å². The molecule has 0 saturated heterocycles. The van der Waals surface area contributed by atoms with E-state index in [4.69, 9.17) is 11.6 Å². The highest BCUT2D eigenvalue weighted by Crippen LogP contribution is 2.39. The van der Waals surface area contributed by atoms with E-state index in [0.717, 1.165) is 35.3 Å². The van der Waals surface area contributed by atoms with Crippen molar-refractivity contribution >= 4 is 39.8 Å². The summed E-state index contributed by atoms with van der Waals surface area (Å²) in [4.78, 5) is 24.9. The smallest absolute Gasteiger partial charge is 0.339 e. The predicted molar refractivity (Wildman–Crippen MR) is 87.3 cm³/mol. The van der Waals surface area contributed by atoms with Crippen LogP contribution in [0.15, 0.2) is 24.3 Å². The molecule has 2 N–H and O–H groups in total. The van der Waals surface area contributed by atoms with E-state index in [9.17, 15) is 14.7 Å². The van der Waals surface area contributed by atoms with Crippen LogP contribution in [0.3, 0.4) is 0 Å². The number of alkyl halides is 1. The second-order valence-electron chi connectivity index (χ2n) is 5.15. The zero-order valence-corrected chi connectivity index (χ0v) is 13.3. The number of hydrogen-bond donors (Lipinski definition) is 2. The molecule has 1 aromatic heterocycles. The Kier molecular flexibility index (Phi) is 4.18. The topological polar surface area (TPSA) is 66.4 Å². The summed E-state index contributed by atoms with van der Waals surface area (Å²) in [6.07, 6.45) is 2.64. The monoisotopic (exact) mass is 335 g/mol. The molecule has 0 radical (unpaired) electrons. The van der Waals surface area contributed by atoms with Crippen LogP contribution in [0.1, 0.15) is 43.1 Å². The summed E-state index contributed by atoms with van der Waals surface area (Å²) < 4.78 is 0. The molecule has 2 aromatic rings. The van der Waals surface area contributed by atoms with Gasteiger partial charge in [-0.3, -0.25) is 4.79 Å². The Morgan fingerprint density at radius 2 is 2.14 bits per heavy atom. The molecule has 4 nitrogen and oxygen atoms in total. The van der Waals surface area contributed by atoms with Gasteiger partial charge in [-0.25, -0.2) is 4.79 Å². The van der Waals surface area contributed by atoms with E-state index in [1.165, 1.54) is 11.3 Å². The van der Waals surface area contributed by atoms with Crippen LogP contribution in [0.2, 0.25) is 0 Å². The highest BCUT2D eigenvalue weighted by atomic mass is 35.5. The first kappa shape index (κ1) is 15.1. The molecule has 1 amide bonds. The minimum Gasteiger partial charge on any atom is -0.478 e. The highest BCUT2D eigenvalue weighted by Gasteiger charge is 2.27. The van der Waals surface area contributed by atoms with E-state index < -0.39 is 5.97 Å². The highest BCUT2D eigenvalue weighted by molar-refractivity contribution is 7.17. The molecule has 0 unspecified atom stereocenters. The van der Waals surface area contributed by atoms with Crippen molar-refractivity contribution in [1.29, 1.82) is 0 Å². The Bertz CT molecular complexity index is 754. The number of aromatic carboxylic acids is 1. The Morgan fingerprint density at radius 1 is 1.32 bits per heavy atom. The van der Waals surface area contributed by atoms with Crippen LogP contribution in [0.5, 0.6) is 0 Å². The van der Waals surface area contributed by atoms with E-state index in [1.54, 1.807) is 18.2 Å². The Morgan fingerprint density at radius 3 is 2.86 bits per heavy atom. The molecule has 114 valence electrons. The van der Waals surface area contributed by atoms with Crippen molar-refractivity contribution < 1.29 is 14.7 Å². The number of anilines is 1. The second-order valence-corrected chi connectivity index (χ2v) is 6.53. The van der Waals surface area contributed by atoms with Crippen LogP contribution in [0.4, 0.5) is 5.00 Å². The van der Waals surface area contributed by atoms with Crippen molar-refractivity contribution in [3.8, 4) is 0 Å². The van der Waals surface area contributed by atoms with Crippen LogP contribution in [0.25, 0.3) is 0 Å². The Labute approximate surface area is 136 Å². The maximum absolute atomic E-state index is 12.3. The van der Waals surface area contributed by atoms with Gasteiger partial charge in [0, 0.05) is 16.3 Å². The van der Waals surface area contributed by atoms with Crippen molar-refractivity contribution in [3.05, 3.63) is 51.4 Å². The number of halogens is 1. The maximum Gasteiger partial charge on any atom is 0.339 e. The van der Waals surface area contributed by atoms with E-state index in [0.29, 0.717) is 16.4 Å². The van der Waals surface area contributed by atoms with Gasteiger partial charge in [0.2, 0.25) is 0 Å². The number of carbonyl (C=O) groups excluding carboxylic acids is 1. The third-order valence-corrected chi connectivity index (χ3v) is 5.22. The maximum atomic E-state index is 12.3. The lowest BCUT2D eigenvalue weighted by Crippen LogP contribution is -2.14. The Hall–Kier alpha value is -1.85. The number of benzene rings is 1. The largest absolute Gasteiger partial charge is 0.478 e. The van der Waals surface area contributed by atoms with Gasteiger partial charge >= 0.3 is 5.97 Å². The SMILES string of the molecule is O=C(Nc1sc2c(c1C(=O)O)CCC2)c1cccc(CCl)c1. The standard InChI is InChI=1S/C16H14ClNO3S/c17-8-9-3-1-4-10(7-9)14(19)18-15-13(16(20)21)11-5-2-6-12(11)22-15/h1,3-4,7H,2,5-6,8H2,(H,18,19)(H,20,21). The molecule has 3 rings (SSSR count). The molecule has 0 fully saturated rings. The van der Waals surface area contributed by atoms with E-state index in [1.807, 2.05) is 6.07 Å². The van der Waals surface area contributed by atoms with E-state index >= 15 is 0 Å². The average molecular weight is 336 g/mol. The fraction of sp³-hybridized carbons (Fsp3) is 0.250. The summed E-state index contributed by atoms with van der Waals surface area (Å²) >= 11 is 7.14. The van der Waals surface area contributed by atoms with Gasteiger partial charge < -0.3 is 10.4 Å². The third kappa shape index (κ3) is 2.74.